The zero-order valence-corrected chi connectivity index (χ0v) is 17.5. The van der Waals surface area contributed by atoms with Crippen LogP contribution in [0.1, 0.15) is 0 Å². The Morgan fingerprint density at radius 1 is 0.923 bits per heavy atom. The van der Waals surface area contributed by atoms with Crippen LogP contribution in [0.2, 0.25) is 0 Å². The molecule has 0 saturated carbocycles. The maximum atomic E-state index is 12.0. The molecule has 1 aliphatic heterocycles. The normalized spacial score (nSPS) is 15.7. The molecule has 0 radical (unpaired) electrons. The lowest BCUT2D eigenvalue weighted by Gasteiger charge is -2.27. The quantitative estimate of drug-likeness (QED) is 0.475. The highest BCUT2D eigenvalue weighted by molar-refractivity contribution is 7.90. The van der Waals surface area contributed by atoms with Crippen molar-refractivity contribution in [3.05, 3.63) is 30.3 Å². The first-order chi connectivity index (χ1) is 11.4. The summed E-state index contributed by atoms with van der Waals surface area (Å²) >= 11 is 0. The number of hydrogen-bond acceptors (Lipinski definition) is 6. The second-order valence-electron chi connectivity index (χ2n) is 5.52. The third-order valence-corrected chi connectivity index (χ3v) is 6.54. The minimum Gasteiger partial charge on any atom is -0.314 e. The van der Waals surface area contributed by atoms with Crippen molar-refractivity contribution in [1.29, 1.82) is 0 Å². The lowest BCUT2D eigenvalue weighted by Crippen LogP contribution is -2.46. The molecular weight excluding hydrogens is 423 g/mol. The Morgan fingerprint density at radius 3 is 2.15 bits per heavy atom. The van der Waals surface area contributed by atoms with Crippen molar-refractivity contribution in [2.24, 2.45) is 0 Å². The van der Waals surface area contributed by atoms with Crippen LogP contribution in [0.15, 0.2) is 35.2 Å². The van der Waals surface area contributed by atoms with Gasteiger partial charge in [0.2, 0.25) is 20.0 Å². The van der Waals surface area contributed by atoms with Crippen LogP contribution in [0.5, 0.6) is 0 Å². The Bertz CT molecular complexity index is 712. The van der Waals surface area contributed by atoms with Crippen molar-refractivity contribution in [1.82, 2.24) is 19.7 Å². The minimum atomic E-state index is -3.68. The first-order valence-electron chi connectivity index (χ1n) is 7.84. The highest BCUT2D eigenvalue weighted by Crippen LogP contribution is 2.06. The molecule has 0 bridgehead atoms. The van der Waals surface area contributed by atoms with Crippen LogP contribution >= 0.6 is 24.8 Å². The van der Waals surface area contributed by atoms with E-state index in [2.05, 4.69) is 19.7 Å². The Morgan fingerprint density at radius 2 is 1.54 bits per heavy atom. The maximum absolute atomic E-state index is 12.0. The molecule has 0 atom stereocenters. The van der Waals surface area contributed by atoms with Crippen LogP contribution < -0.4 is 14.8 Å². The average Bonchev–Trinajstić information content (AvgIpc) is 2.56. The van der Waals surface area contributed by atoms with Crippen LogP contribution in [0.25, 0.3) is 0 Å². The molecule has 2 rings (SSSR count). The zero-order valence-electron chi connectivity index (χ0n) is 14.3. The Hall–Kier alpha value is -0.460. The molecule has 1 saturated heterocycles. The molecule has 8 nitrogen and oxygen atoms in total. The summed E-state index contributed by atoms with van der Waals surface area (Å²) in [4.78, 5) is 2.30. The summed E-state index contributed by atoms with van der Waals surface area (Å²) < 4.78 is 52.6. The number of nitrogens with one attached hydrogen (secondary N) is 3. The predicted octanol–water partition coefficient (Wildman–Crippen LogP) is -0.367. The predicted molar refractivity (Wildman–Crippen MR) is 107 cm³/mol. The van der Waals surface area contributed by atoms with Gasteiger partial charge in [-0.05, 0) is 12.1 Å². The number of benzene rings is 1. The van der Waals surface area contributed by atoms with Gasteiger partial charge in [-0.2, -0.15) is 0 Å². The van der Waals surface area contributed by atoms with Crippen LogP contribution in [0.4, 0.5) is 0 Å². The molecular formula is C14H26Cl2N4O4S2. The second kappa shape index (κ2) is 12.1. The van der Waals surface area contributed by atoms with E-state index in [9.17, 15) is 16.8 Å². The van der Waals surface area contributed by atoms with Gasteiger partial charge in [0.15, 0.2) is 0 Å². The van der Waals surface area contributed by atoms with Gasteiger partial charge in [-0.1, -0.05) is 18.2 Å². The van der Waals surface area contributed by atoms with Crippen LogP contribution in [-0.2, 0) is 20.0 Å². The van der Waals surface area contributed by atoms with Crippen molar-refractivity contribution >= 4 is 44.9 Å². The second-order valence-corrected chi connectivity index (χ2v) is 9.21. The van der Waals surface area contributed by atoms with E-state index >= 15 is 0 Å². The summed E-state index contributed by atoms with van der Waals surface area (Å²) in [6.07, 6.45) is 0. The third-order valence-electron chi connectivity index (χ3n) is 3.68. The fourth-order valence-corrected chi connectivity index (χ4v) is 4.46. The molecule has 0 amide bonds. The molecule has 1 aliphatic rings. The van der Waals surface area contributed by atoms with Crippen LogP contribution in [-0.4, -0.2) is 73.3 Å². The van der Waals surface area contributed by atoms with E-state index in [0.29, 0.717) is 13.1 Å². The van der Waals surface area contributed by atoms with Gasteiger partial charge in [0, 0.05) is 45.8 Å². The maximum Gasteiger partial charge on any atom is 0.240 e. The lowest BCUT2D eigenvalue weighted by molar-refractivity contribution is 0.245. The monoisotopic (exact) mass is 448 g/mol. The number of hydrogen-bond donors (Lipinski definition) is 3. The molecule has 12 heteroatoms. The van der Waals surface area contributed by atoms with Gasteiger partial charge in [0.25, 0.3) is 0 Å². The van der Waals surface area contributed by atoms with Crippen molar-refractivity contribution in [2.45, 2.75) is 4.90 Å². The van der Waals surface area contributed by atoms with Crippen LogP contribution in [0.3, 0.4) is 0 Å². The average molecular weight is 449 g/mol. The summed E-state index contributed by atoms with van der Waals surface area (Å²) in [6.45, 7) is 4.43. The molecule has 1 aromatic carbocycles. The fraction of sp³-hybridized carbons (Fsp3) is 0.571. The third kappa shape index (κ3) is 8.96. The topological polar surface area (TPSA) is 108 Å². The Kier molecular flexibility index (Phi) is 11.9. The molecule has 0 aliphatic carbocycles. The van der Waals surface area contributed by atoms with E-state index in [0.717, 1.165) is 26.2 Å². The number of piperazine rings is 1. The van der Waals surface area contributed by atoms with Crippen molar-refractivity contribution < 1.29 is 16.8 Å². The molecule has 1 heterocycles. The zero-order chi connectivity index (χ0) is 17.5. The first-order valence-corrected chi connectivity index (χ1v) is 11.0. The molecule has 1 fully saturated rings. The van der Waals surface area contributed by atoms with E-state index in [4.69, 9.17) is 0 Å². The number of halogens is 2. The highest BCUT2D eigenvalue weighted by atomic mass is 35.5. The molecule has 1 aromatic rings. The molecule has 0 spiro atoms. The Labute approximate surface area is 168 Å². The number of rotatable bonds is 9. The summed E-state index contributed by atoms with van der Waals surface area (Å²) in [5.74, 6) is -0.291. The minimum absolute atomic E-state index is 0. The van der Waals surface area contributed by atoms with Crippen molar-refractivity contribution in [2.75, 3.05) is 51.6 Å². The molecule has 26 heavy (non-hydrogen) atoms. The molecule has 0 aromatic heterocycles. The number of sulfonamides is 2. The van der Waals surface area contributed by atoms with Crippen molar-refractivity contribution in [3.63, 3.8) is 0 Å². The van der Waals surface area contributed by atoms with Gasteiger partial charge in [0.1, 0.15) is 0 Å². The summed E-state index contributed by atoms with van der Waals surface area (Å²) in [7, 11) is -7.18. The smallest absolute Gasteiger partial charge is 0.240 e. The SMILES string of the molecule is Cl.Cl.O=S(=O)(CCNS(=O)(=O)c1ccccc1)NCCN1CCNCC1. The summed E-state index contributed by atoms with van der Waals surface area (Å²) in [5, 5.41) is 3.23. The fourth-order valence-electron chi connectivity index (χ4n) is 2.36. The van der Waals surface area contributed by atoms with E-state index in [1.54, 1.807) is 18.2 Å². The van der Waals surface area contributed by atoms with E-state index in [1.807, 2.05) is 0 Å². The van der Waals surface area contributed by atoms with E-state index in [-0.39, 0.29) is 42.0 Å². The molecule has 152 valence electrons. The van der Waals surface area contributed by atoms with Gasteiger partial charge in [0.05, 0.1) is 10.6 Å². The van der Waals surface area contributed by atoms with Gasteiger partial charge < -0.3 is 5.32 Å². The van der Waals surface area contributed by atoms with Crippen LogP contribution in [0, 0.1) is 0 Å². The van der Waals surface area contributed by atoms with Gasteiger partial charge in [-0.25, -0.2) is 26.3 Å². The van der Waals surface area contributed by atoms with Crippen molar-refractivity contribution in [3.8, 4) is 0 Å². The first kappa shape index (κ1) is 25.5. The lowest BCUT2D eigenvalue weighted by atomic mass is 10.3. The van der Waals surface area contributed by atoms with Gasteiger partial charge >= 0.3 is 0 Å². The Balaban J connectivity index is 0.00000312. The summed E-state index contributed by atoms with van der Waals surface area (Å²) in [6, 6.07) is 7.86. The summed E-state index contributed by atoms with van der Waals surface area (Å²) in [5.41, 5.74) is 0. The standard InChI is InChI=1S/C14H24N4O4S2.2ClH/c19-23(20,16-8-12-18-10-6-15-7-11-18)13-9-17-24(21,22)14-4-2-1-3-5-14;;/h1-5,15-17H,6-13H2;2*1H. The van der Waals surface area contributed by atoms with E-state index in [1.165, 1.54) is 12.1 Å². The van der Waals surface area contributed by atoms with Gasteiger partial charge in [-0.3, -0.25) is 4.90 Å². The molecule has 0 unspecified atom stereocenters. The largest absolute Gasteiger partial charge is 0.314 e. The molecule has 3 N–H and O–H groups in total. The van der Waals surface area contributed by atoms with E-state index < -0.39 is 20.0 Å². The van der Waals surface area contributed by atoms with Gasteiger partial charge in [-0.15, -0.1) is 24.8 Å². The highest BCUT2D eigenvalue weighted by Gasteiger charge is 2.16. The number of nitrogens with zero attached hydrogens (tertiary/aromatic N) is 1.